The molecule has 3 rings (SSSR count). The van der Waals surface area contributed by atoms with E-state index < -0.39 is 29.6 Å². The number of nitrogens with one attached hydrogen (secondary N) is 1. The van der Waals surface area contributed by atoms with Crippen LogP contribution in [0.5, 0.6) is 0 Å². The molecule has 2 amide bonds. The highest BCUT2D eigenvalue weighted by Crippen LogP contribution is 2.46. The number of aliphatic carboxylic acids is 1. The van der Waals surface area contributed by atoms with Crippen LogP contribution in [-0.4, -0.2) is 63.5 Å². The molecule has 1 aromatic heterocycles. The number of hydrogen-bond acceptors (Lipinski definition) is 7. The zero-order chi connectivity index (χ0) is 18.2. The summed E-state index contributed by atoms with van der Waals surface area (Å²) in [5.74, 6) is -2.10. The lowest BCUT2D eigenvalue weighted by molar-refractivity contribution is -0.192. The standard InChI is InChI=1S/C15H16N2O6S2/c1-23-15(16-10(19)5-9-3-2-4-24-9)13(22)17-11(12(20)21)8(6-18)7-25-14(15)17/h2-4,14,18H,5-7H2,1H3,(H,16,19)(H,20,21)/t14-,15+/m0/s1. The van der Waals surface area contributed by atoms with Crippen molar-refractivity contribution >= 4 is 40.9 Å². The Morgan fingerprint density at radius 1 is 1.52 bits per heavy atom. The van der Waals surface area contributed by atoms with Crippen molar-refractivity contribution in [2.24, 2.45) is 0 Å². The van der Waals surface area contributed by atoms with Gasteiger partial charge in [-0.05, 0) is 17.0 Å². The average molecular weight is 384 g/mol. The van der Waals surface area contributed by atoms with Crippen LogP contribution in [0.4, 0.5) is 0 Å². The summed E-state index contributed by atoms with van der Waals surface area (Å²) < 4.78 is 5.32. The molecule has 3 heterocycles. The molecule has 0 aromatic carbocycles. The highest BCUT2D eigenvalue weighted by molar-refractivity contribution is 8.00. The number of methoxy groups -OCH3 is 1. The number of carbonyl (C=O) groups is 3. The van der Waals surface area contributed by atoms with Crippen LogP contribution in [0, 0.1) is 0 Å². The molecule has 0 aliphatic carbocycles. The van der Waals surface area contributed by atoms with Crippen LogP contribution in [0.2, 0.25) is 0 Å². The minimum absolute atomic E-state index is 0.108. The molecule has 25 heavy (non-hydrogen) atoms. The van der Waals surface area contributed by atoms with Gasteiger partial charge < -0.3 is 20.3 Å². The molecule has 0 radical (unpaired) electrons. The van der Waals surface area contributed by atoms with Gasteiger partial charge in [0.2, 0.25) is 5.91 Å². The molecule has 2 aliphatic rings. The summed E-state index contributed by atoms with van der Waals surface area (Å²) in [6, 6.07) is 3.64. The predicted molar refractivity (Wildman–Crippen MR) is 90.7 cm³/mol. The number of ether oxygens (including phenoxy) is 1. The van der Waals surface area contributed by atoms with E-state index in [-0.39, 0.29) is 29.4 Å². The molecule has 1 aromatic rings. The van der Waals surface area contributed by atoms with Gasteiger partial charge in [0, 0.05) is 17.7 Å². The van der Waals surface area contributed by atoms with Crippen molar-refractivity contribution in [1.82, 2.24) is 10.2 Å². The maximum atomic E-state index is 12.7. The molecular weight excluding hydrogens is 368 g/mol. The molecular formula is C15H16N2O6S2. The molecule has 1 saturated heterocycles. The fourth-order valence-corrected chi connectivity index (χ4v) is 5.02. The van der Waals surface area contributed by atoms with Gasteiger partial charge in [-0.25, -0.2) is 4.79 Å². The minimum Gasteiger partial charge on any atom is -0.477 e. The van der Waals surface area contributed by atoms with Gasteiger partial charge in [0.1, 0.15) is 11.1 Å². The first-order valence-electron chi connectivity index (χ1n) is 7.34. The van der Waals surface area contributed by atoms with Crippen molar-refractivity contribution in [3.05, 3.63) is 33.7 Å². The Bertz CT molecular complexity index is 747. The van der Waals surface area contributed by atoms with E-state index in [9.17, 15) is 24.6 Å². The van der Waals surface area contributed by atoms with Crippen LogP contribution >= 0.6 is 23.1 Å². The van der Waals surface area contributed by atoms with Gasteiger partial charge in [0.15, 0.2) is 0 Å². The fourth-order valence-electron chi connectivity index (χ4n) is 2.89. The molecule has 2 atom stereocenters. The number of fused-ring (bicyclic) bond motifs is 1. The Labute approximate surface area is 151 Å². The third-order valence-corrected chi connectivity index (χ3v) is 6.32. The van der Waals surface area contributed by atoms with Gasteiger partial charge in [0.05, 0.1) is 13.0 Å². The lowest BCUT2D eigenvalue weighted by Crippen LogP contribution is -2.80. The topological polar surface area (TPSA) is 116 Å². The number of rotatable bonds is 6. The minimum atomic E-state index is -1.60. The smallest absolute Gasteiger partial charge is 0.352 e. The Balaban J connectivity index is 1.82. The number of hydrogen-bond donors (Lipinski definition) is 3. The van der Waals surface area contributed by atoms with E-state index in [1.807, 2.05) is 17.5 Å². The number of nitrogens with zero attached hydrogens (tertiary/aromatic N) is 1. The van der Waals surface area contributed by atoms with Gasteiger partial charge >= 0.3 is 5.97 Å². The molecule has 0 unspecified atom stereocenters. The molecule has 2 aliphatic heterocycles. The van der Waals surface area contributed by atoms with Gasteiger partial charge in [-0.3, -0.25) is 14.5 Å². The van der Waals surface area contributed by atoms with Crippen molar-refractivity contribution in [2.45, 2.75) is 17.5 Å². The molecule has 3 N–H and O–H groups in total. The number of aliphatic hydroxyl groups excluding tert-OH is 1. The van der Waals surface area contributed by atoms with E-state index in [4.69, 9.17) is 4.74 Å². The van der Waals surface area contributed by atoms with Gasteiger partial charge in [-0.15, -0.1) is 23.1 Å². The van der Waals surface area contributed by atoms with Crippen LogP contribution in [0.3, 0.4) is 0 Å². The highest BCUT2D eigenvalue weighted by Gasteiger charge is 2.66. The molecule has 0 bridgehead atoms. The molecule has 0 saturated carbocycles. The third kappa shape index (κ3) is 2.84. The second-order valence-corrected chi connectivity index (χ2v) is 7.60. The first-order valence-corrected chi connectivity index (χ1v) is 9.27. The number of amides is 2. The fraction of sp³-hybridized carbons (Fsp3) is 0.400. The van der Waals surface area contributed by atoms with Gasteiger partial charge in [-0.2, -0.15) is 0 Å². The van der Waals surface area contributed by atoms with E-state index in [2.05, 4.69) is 5.32 Å². The van der Waals surface area contributed by atoms with Crippen LogP contribution in [0.15, 0.2) is 28.8 Å². The first-order chi connectivity index (χ1) is 11.9. The van der Waals surface area contributed by atoms with Crippen LogP contribution in [0.25, 0.3) is 0 Å². The maximum Gasteiger partial charge on any atom is 0.352 e. The lowest BCUT2D eigenvalue weighted by atomic mass is 9.98. The molecule has 8 nitrogen and oxygen atoms in total. The number of carboxylic acid groups (broad SMARTS) is 1. The Morgan fingerprint density at radius 2 is 2.28 bits per heavy atom. The van der Waals surface area contributed by atoms with E-state index >= 15 is 0 Å². The van der Waals surface area contributed by atoms with Crippen molar-refractivity contribution in [1.29, 1.82) is 0 Å². The summed E-state index contributed by atoms with van der Waals surface area (Å²) in [5.41, 5.74) is -1.58. The van der Waals surface area contributed by atoms with E-state index in [1.165, 1.54) is 30.2 Å². The van der Waals surface area contributed by atoms with Crippen molar-refractivity contribution in [3.8, 4) is 0 Å². The van der Waals surface area contributed by atoms with Gasteiger partial charge in [-0.1, -0.05) is 6.07 Å². The monoisotopic (exact) mass is 384 g/mol. The predicted octanol–water partition coefficient (Wildman–Crippen LogP) is -0.00440. The van der Waals surface area contributed by atoms with E-state index in [1.54, 1.807) is 0 Å². The number of carboxylic acids is 1. The normalized spacial score (nSPS) is 25.4. The number of carbonyl (C=O) groups excluding carboxylic acids is 2. The second kappa shape index (κ2) is 6.79. The SMILES string of the molecule is CO[C@]1(NC(=O)Cc2cccs2)C(=O)N2C(C(=O)O)=C(CO)CS[C@H]21. The summed E-state index contributed by atoms with van der Waals surface area (Å²) in [6.45, 7) is -0.449. The number of thiophene rings is 1. The number of thioether (sulfide) groups is 1. The second-order valence-electron chi connectivity index (χ2n) is 5.50. The van der Waals surface area contributed by atoms with Crippen molar-refractivity contribution < 1.29 is 29.3 Å². The summed E-state index contributed by atoms with van der Waals surface area (Å²) in [7, 11) is 1.30. The Kier molecular flexibility index (Phi) is 4.87. The molecule has 0 spiro atoms. The molecule has 134 valence electrons. The summed E-state index contributed by atoms with van der Waals surface area (Å²) >= 11 is 2.67. The lowest BCUT2D eigenvalue weighted by Gasteiger charge is -2.55. The number of β-lactam (4-membered cyclic amide) rings is 1. The summed E-state index contributed by atoms with van der Waals surface area (Å²) in [5, 5.41) is 22.5. The third-order valence-electron chi connectivity index (χ3n) is 4.07. The maximum absolute atomic E-state index is 12.7. The van der Waals surface area contributed by atoms with Gasteiger partial charge in [0.25, 0.3) is 11.6 Å². The largest absolute Gasteiger partial charge is 0.477 e. The number of aliphatic hydroxyl groups is 1. The zero-order valence-electron chi connectivity index (χ0n) is 13.2. The highest BCUT2D eigenvalue weighted by atomic mass is 32.2. The summed E-state index contributed by atoms with van der Waals surface area (Å²) in [4.78, 5) is 38.4. The van der Waals surface area contributed by atoms with Crippen molar-refractivity contribution in [2.75, 3.05) is 19.5 Å². The first kappa shape index (κ1) is 17.9. The summed E-state index contributed by atoms with van der Waals surface area (Å²) in [6.07, 6.45) is 0.108. The van der Waals surface area contributed by atoms with Crippen LogP contribution < -0.4 is 5.32 Å². The molecule has 10 heteroatoms. The zero-order valence-corrected chi connectivity index (χ0v) is 14.9. The molecule has 1 fully saturated rings. The Morgan fingerprint density at radius 3 is 2.84 bits per heavy atom. The van der Waals surface area contributed by atoms with Crippen LogP contribution in [-0.2, 0) is 25.5 Å². The van der Waals surface area contributed by atoms with E-state index in [0.717, 1.165) is 9.78 Å². The van der Waals surface area contributed by atoms with E-state index in [0.29, 0.717) is 0 Å². The van der Waals surface area contributed by atoms with Crippen molar-refractivity contribution in [3.63, 3.8) is 0 Å². The average Bonchev–Trinajstić information content (AvgIpc) is 3.10. The van der Waals surface area contributed by atoms with Crippen LogP contribution in [0.1, 0.15) is 4.88 Å². The Hall–Kier alpha value is -1.88. The quantitative estimate of drug-likeness (QED) is 0.467.